The lowest BCUT2D eigenvalue weighted by atomic mass is 9.98. The largest absolute Gasteiger partial charge is 0.496 e. The van der Waals surface area contributed by atoms with Gasteiger partial charge in [0.2, 0.25) is 0 Å². The predicted octanol–water partition coefficient (Wildman–Crippen LogP) is 2.52. The first-order chi connectivity index (χ1) is 9.17. The summed E-state index contributed by atoms with van der Waals surface area (Å²) < 4.78 is 5.42. The van der Waals surface area contributed by atoms with Gasteiger partial charge in [0.1, 0.15) is 5.75 Å². The summed E-state index contributed by atoms with van der Waals surface area (Å²) in [6.07, 6.45) is 2.48. The van der Waals surface area contributed by atoms with Crippen LogP contribution in [-0.4, -0.2) is 31.1 Å². The number of methoxy groups -OCH3 is 1. The van der Waals surface area contributed by atoms with E-state index in [9.17, 15) is 0 Å². The summed E-state index contributed by atoms with van der Waals surface area (Å²) in [6.45, 7) is 3.18. The molecule has 2 fully saturated rings. The van der Waals surface area contributed by atoms with E-state index in [0.29, 0.717) is 12.0 Å². The Balaban J connectivity index is 1.71. The van der Waals surface area contributed by atoms with Gasteiger partial charge in [-0.2, -0.15) is 0 Å². The minimum absolute atomic E-state index is 0.399. The number of hydrogen-bond donors (Lipinski definition) is 1. The van der Waals surface area contributed by atoms with Crippen molar-refractivity contribution in [3.63, 3.8) is 0 Å². The van der Waals surface area contributed by atoms with E-state index in [-0.39, 0.29) is 0 Å². The first-order valence-corrected chi connectivity index (χ1v) is 7.35. The molecule has 3 rings (SSSR count). The molecular weight excluding hydrogens is 260 g/mol. The molecule has 0 bridgehead atoms. The van der Waals surface area contributed by atoms with Crippen LogP contribution in [0.5, 0.6) is 5.75 Å². The van der Waals surface area contributed by atoms with E-state index in [1.54, 1.807) is 7.11 Å². The Bertz CT molecular complexity index is 465. The molecule has 1 aromatic rings. The SMILES string of the molecule is COc1ccc(Cl)cc1CN1CC2CCC(N)C2C1. The normalized spacial score (nSPS) is 30.6. The van der Waals surface area contributed by atoms with Crippen molar-refractivity contribution < 1.29 is 4.74 Å². The molecule has 4 heteroatoms. The maximum atomic E-state index is 6.18. The second-order valence-electron chi connectivity index (χ2n) is 5.82. The van der Waals surface area contributed by atoms with Crippen molar-refractivity contribution in [3.8, 4) is 5.75 Å². The first kappa shape index (κ1) is 13.2. The molecule has 1 aromatic carbocycles. The van der Waals surface area contributed by atoms with Crippen LogP contribution in [0.4, 0.5) is 0 Å². The second-order valence-corrected chi connectivity index (χ2v) is 6.25. The van der Waals surface area contributed by atoms with Gasteiger partial charge < -0.3 is 10.5 Å². The number of hydrogen-bond acceptors (Lipinski definition) is 3. The summed E-state index contributed by atoms with van der Waals surface area (Å²) in [6, 6.07) is 6.23. The van der Waals surface area contributed by atoms with Crippen LogP contribution >= 0.6 is 11.6 Å². The molecule has 2 aliphatic rings. The molecule has 2 N–H and O–H groups in total. The van der Waals surface area contributed by atoms with E-state index in [1.807, 2.05) is 18.2 Å². The van der Waals surface area contributed by atoms with Crippen molar-refractivity contribution in [2.45, 2.75) is 25.4 Å². The van der Waals surface area contributed by atoms with Gasteiger partial charge in [-0.25, -0.2) is 0 Å². The highest BCUT2D eigenvalue weighted by Gasteiger charge is 2.40. The predicted molar refractivity (Wildman–Crippen MR) is 77.5 cm³/mol. The highest BCUT2D eigenvalue weighted by molar-refractivity contribution is 6.30. The monoisotopic (exact) mass is 280 g/mol. The molecule has 0 spiro atoms. The number of halogens is 1. The van der Waals surface area contributed by atoms with Gasteiger partial charge in [-0.1, -0.05) is 11.6 Å². The molecule has 0 aromatic heterocycles. The Hall–Kier alpha value is -0.770. The summed E-state index contributed by atoms with van der Waals surface area (Å²) >= 11 is 6.08. The summed E-state index contributed by atoms with van der Waals surface area (Å²) in [7, 11) is 1.71. The van der Waals surface area contributed by atoms with Gasteiger partial charge in [0.15, 0.2) is 0 Å². The molecule has 1 aliphatic heterocycles. The lowest BCUT2D eigenvalue weighted by Crippen LogP contribution is -2.30. The van der Waals surface area contributed by atoms with Crippen LogP contribution in [0.3, 0.4) is 0 Å². The number of rotatable bonds is 3. The van der Waals surface area contributed by atoms with Crippen LogP contribution in [0, 0.1) is 11.8 Å². The van der Waals surface area contributed by atoms with Gasteiger partial charge in [-0.05, 0) is 42.9 Å². The van der Waals surface area contributed by atoms with E-state index in [1.165, 1.54) is 18.4 Å². The van der Waals surface area contributed by atoms with Crippen LogP contribution in [0.25, 0.3) is 0 Å². The van der Waals surface area contributed by atoms with Crippen molar-refractivity contribution in [1.29, 1.82) is 0 Å². The highest BCUT2D eigenvalue weighted by atomic mass is 35.5. The minimum atomic E-state index is 0.399. The molecule has 0 amide bonds. The molecule has 1 aliphatic carbocycles. The minimum Gasteiger partial charge on any atom is -0.496 e. The molecule has 3 atom stereocenters. The molecule has 1 heterocycles. The lowest BCUT2D eigenvalue weighted by molar-refractivity contribution is 0.292. The van der Waals surface area contributed by atoms with Crippen LogP contribution in [-0.2, 0) is 6.54 Å². The van der Waals surface area contributed by atoms with E-state index >= 15 is 0 Å². The van der Waals surface area contributed by atoms with E-state index in [0.717, 1.165) is 36.3 Å². The van der Waals surface area contributed by atoms with Crippen molar-refractivity contribution in [1.82, 2.24) is 4.90 Å². The molecule has 0 radical (unpaired) electrons. The van der Waals surface area contributed by atoms with Crippen molar-refractivity contribution >= 4 is 11.6 Å². The molecule has 19 heavy (non-hydrogen) atoms. The maximum Gasteiger partial charge on any atom is 0.123 e. The molecule has 3 nitrogen and oxygen atoms in total. The van der Waals surface area contributed by atoms with Crippen LogP contribution < -0.4 is 10.5 Å². The topological polar surface area (TPSA) is 38.5 Å². The zero-order valence-electron chi connectivity index (χ0n) is 11.3. The quantitative estimate of drug-likeness (QED) is 0.925. The first-order valence-electron chi connectivity index (χ1n) is 6.97. The molecule has 3 unspecified atom stereocenters. The van der Waals surface area contributed by atoms with E-state index in [2.05, 4.69) is 4.90 Å². The third-order valence-corrected chi connectivity index (χ3v) is 4.86. The fraction of sp³-hybridized carbons (Fsp3) is 0.600. The van der Waals surface area contributed by atoms with Crippen LogP contribution in [0.15, 0.2) is 18.2 Å². The van der Waals surface area contributed by atoms with Gasteiger partial charge >= 0.3 is 0 Å². The van der Waals surface area contributed by atoms with Crippen molar-refractivity contribution in [2.75, 3.05) is 20.2 Å². The summed E-state index contributed by atoms with van der Waals surface area (Å²) in [5.74, 6) is 2.40. The lowest BCUT2D eigenvalue weighted by Gasteiger charge is -2.19. The third-order valence-electron chi connectivity index (χ3n) is 4.62. The third kappa shape index (κ3) is 2.60. The number of ether oxygens (including phenoxy) is 1. The molecular formula is C15H21ClN2O. The number of nitrogens with two attached hydrogens (primary N) is 1. The number of fused-ring (bicyclic) bond motifs is 1. The van der Waals surface area contributed by atoms with E-state index < -0.39 is 0 Å². The van der Waals surface area contributed by atoms with Gasteiger partial charge in [-0.3, -0.25) is 4.90 Å². The number of benzene rings is 1. The zero-order valence-corrected chi connectivity index (χ0v) is 12.1. The molecule has 1 saturated carbocycles. The van der Waals surface area contributed by atoms with Crippen LogP contribution in [0.2, 0.25) is 5.02 Å². The Morgan fingerprint density at radius 1 is 1.37 bits per heavy atom. The summed E-state index contributed by atoms with van der Waals surface area (Å²) in [5, 5.41) is 0.770. The Morgan fingerprint density at radius 3 is 2.95 bits per heavy atom. The smallest absolute Gasteiger partial charge is 0.123 e. The highest BCUT2D eigenvalue weighted by Crippen LogP contribution is 2.38. The zero-order chi connectivity index (χ0) is 13.4. The van der Waals surface area contributed by atoms with Crippen LogP contribution in [0.1, 0.15) is 18.4 Å². The Kier molecular flexibility index (Phi) is 3.70. The summed E-state index contributed by atoms with van der Waals surface area (Å²) in [5.41, 5.74) is 7.35. The standard InChI is InChI=1S/C15H21ClN2O/c1-19-15-5-3-12(16)6-11(15)8-18-7-10-2-4-14(17)13(10)9-18/h3,5-6,10,13-14H,2,4,7-9,17H2,1H3. The maximum absolute atomic E-state index is 6.18. The fourth-order valence-electron chi connectivity index (χ4n) is 3.64. The Morgan fingerprint density at radius 2 is 2.21 bits per heavy atom. The van der Waals surface area contributed by atoms with Gasteiger partial charge in [0.05, 0.1) is 7.11 Å². The van der Waals surface area contributed by atoms with Gasteiger partial charge in [0, 0.05) is 36.3 Å². The van der Waals surface area contributed by atoms with Crippen molar-refractivity contribution in [2.24, 2.45) is 17.6 Å². The molecule has 1 saturated heterocycles. The second kappa shape index (κ2) is 5.31. The Labute approximate surface area is 119 Å². The fourth-order valence-corrected chi connectivity index (χ4v) is 3.84. The molecule has 104 valence electrons. The number of nitrogens with zero attached hydrogens (tertiary/aromatic N) is 1. The van der Waals surface area contributed by atoms with Gasteiger partial charge in [0.25, 0.3) is 0 Å². The van der Waals surface area contributed by atoms with Crippen molar-refractivity contribution in [3.05, 3.63) is 28.8 Å². The number of likely N-dealkylation sites (tertiary alicyclic amines) is 1. The van der Waals surface area contributed by atoms with Gasteiger partial charge in [-0.15, -0.1) is 0 Å². The average molecular weight is 281 g/mol. The van der Waals surface area contributed by atoms with E-state index in [4.69, 9.17) is 22.1 Å². The average Bonchev–Trinajstić information content (AvgIpc) is 2.92. The summed E-state index contributed by atoms with van der Waals surface area (Å²) in [4.78, 5) is 2.49.